The molecule has 0 aliphatic carbocycles. The molecule has 1 saturated heterocycles. The summed E-state index contributed by atoms with van der Waals surface area (Å²) < 4.78 is 13.1. The van der Waals surface area contributed by atoms with E-state index in [9.17, 15) is 4.39 Å². The fraction of sp³-hybridized carbons (Fsp3) is 0.500. The first-order valence-corrected chi connectivity index (χ1v) is 10.6. The van der Waals surface area contributed by atoms with Gasteiger partial charge in [0.2, 0.25) is 5.95 Å². The summed E-state index contributed by atoms with van der Waals surface area (Å²) in [6.07, 6.45) is 4.60. The topological polar surface area (TPSA) is 59.9 Å². The molecule has 2 heterocycles. The van der Waals surface area contributed by atoms with E-state index < -0.39 is 0 Å². The molecular formula is C22H33FIN7. The number of piperazine rings is 1. The average Bonchev–Trinajstić information content (AvgIpc) is 2.78. The molecule has 1 aromatic carbocycles. The first kappa shape index (κ1) is 25.3. The van der Waals surface area contributed by atoms with Gasteiger partial charge in [-0.25, -0.2) is 14.4 Å². The Morgan fingerprint density at radius 1 is 1.13 bits per heavy atom. The number of rotatable bonds is 8. The fourth-order valence-corrected chi connectivity index (χ4v) is 3.51. The standard InChI is InChI=1S/C22H32FN7.HI/c1-3-24-21(28(2)18-19-6-8-20(23)9-7-19)25-12-5-13-29-14-16-30(17-15-29)22-26-10-4-11-27-22;/h4,6-11H,3,5,12-18H2,1-2H3,(H,24,25);1H. The Bertz CT molecular complexity index is 780. The van der Waals surface area contributed by atoms with E-state index in [4.69, 9.17) is 4.99 Å². The van der Waals surface area contributed by atoms with Crippen LogP contribution in [0, 0.1) is 5.82 Å². The zero-order valence-corrected chi connectivity index (χ0v) is 20.7. The number of benzene rings is 1. The molecule has 9 heteroatoms. The maximum atomic E-state index is 13.1. The van der Waals surface area contributed by atoms with Crippen LogP contribution in [0.15, 0.2) is 47.7 Å². The third-order valence-corrected chi connectivity index (χ3v) is 5.13. The van der Waals surface area contributed by atoms with Crippen LogP contribution in [0.25, 0.3) is 0 Å². The van der Waals surface area contributed by atoms with Crippen LogP contribution in [-0.2, 0) is 6.54 Å². The third kappa shape index (κ3) is 8.21. The van der Waals surface area contributed by atoms with Crippen LogP contribution in [-0.4, -0.2) is 78.6 Å². The van der Waals surface area contributed by atoms with Gasteiger partial charge in [0, 0.05) is 71.8 Å². The van der Waals surface area contributed by atoms with E-state index in [1.54, 1.807) is 12.4 Å². The lowest BCUT2D eigenvalue weighted by Gasteiger charge is -2.34. The summed E-state index contributed by atoms with van der Waals surface area (Å²) in [6, 6.07) is 8.47. The van der Waals surface area contributed by atoms with E-state index in [1.807, 2.05) is 25.2 Å². The highest BCUT2D eigenvalue weighted by molar-refractivity contribution is 14.0. The molecule has 3 rings (SSSR count). The van der Waals surface area contributed by atoms with Crippen LogP contribution < -0.4 is 10.2 Å². The summed E-state index contributed by atoms with van der Waals surface area (Å²) in [5.74, 6) is 1.49. The number of halogens is 2. The summed E-state index contributed by atoms with van der Waals surface area (Å²) >= 11 is 0. The molecule has 0 spiro atoms. The first-order chi connectivity index (χ1) is 14.7. The van der Waals surface area contributed by atoms with Gasteiger partial charge in [0.05, 0.1) is 0 Å². The normalized spacial score (nSPS) is 14.8. The zero-order valence-electron chi connectivity index (χ0n) is 18.4. The van der Waals surface area contributed by atoms with Crippen molar-refractivity contribution in [3.05, 3.63) is 54.1 Å². The summed E-state index contributed by atoms with van der Waals surface area (Å²) in [6.45, 7) is 9.33. The van der Waals surface area contributed by atoms with Gasteiger partial charge in [-0.2, -0.15) is 0 Å². The lowest BCUT2D eigenvalue weighted by molar-refractivity contribution is 0.255. The number of hydrogen-bond acceptors (Lipinski definition) is 5. The molecule has 1 N–H and O–H groups in total. The SMILES string of the molecule is CCNC(=NCCCN1CCN(c2ncccn2)CC1)N(C)Cc1ccc(F)cc1.I. The molecule has 170 valence electrons. The zero-order chi connectivity index (χ0) is 21.2. The van der Waals surface area contributed by atoms with Crippen LogP contribution >= 0.6 is 24.0 Å². The van der Waals surface area contributed by atoms with Gasteiger partial charge in [0.15, 0.2) is 5.96 Å². The van der Waals surface area contributed by atoms with Gasteiger partial charge in [-0.15, -0.1) is 24.0 Å². The minimum absolute atomic E-state index is 0. The number of anilines is 1. The van der Waals surface area contributed by atoms with Crippen molar-refractivity contribution in [1.82, 2.24) is 25.1 Å². The summed E-state index contributed by atoms with van der Waals surface area (Å²) in [5.41, 5.74) is 1.06. The van der Waals surface area contributed by atoms with Crippen molar-refractivity contribution in [2.24, 2.45) is 4.99 Å². The number of hydrogen-bond donors (Lipinski definition) is 1. The fourth-order valence-electron chi connectivity index (χ4n) is 3.51. The van der Waals surface area contributed by atoms with Crippen LogP contribution in [0.4, 0.5) is 10.3 Å². The smallest absolute Gasteiger partial charge is 0.225 e. The highest BCUT2D eigenvalue weighted by Gasteiger charge is 2.18. The molecule has 1 aliphatic heterocycles. The second-order valence-electron chi connectivity index (χ2n) is 7.45. The first-order valence-electron chi connectivity index (χ1n) is 10.6. The van der Waals surface area contributed by atoms with E-state index >= 15 is 0 Å². The van der Waals surface area contributed by atoms with Crippen molar-refractivity contribution in [1.29, 1.82) is 0 Å². The molecule has 0 amide bonds. The Kier molecular flexibility index (Phi) is 10.9. The number of aliphatic imine (C=N–C) groups is 1. The van der Waals surface area contributed by atoms with Crippen LogP contribution in [0.3, 0.4) is 0 Å². The summed E-state index contributed by atoms with van der Waals surface area (Å²) in [4.78, 5) is 20.2. The number of guanidine groups is 1. The highest BCUT2D eigenvalue weighted by Crippen LogP contribution is 2.10. The molecule has 2 aromatic rings. The molecule has 0 radical (unpaired) electrons. The van der Waals surface area contributed by atoms with Gasteiger partial charge in [-0.05, 0) is 37.1 Å². The maximum Gasteiger partial charge on any atom is 0.225 e. The predicted molar refractivity (Wildman–Crippen MR) is 135 cm³/mol. The lowest BCUT2D eigenvalue weighted by Crippen LogP contribution is -2.47. The minimum atomic E-state index is -0.209. The van der Waals surface area contributed by atoms with Crippen molar-refractivity contribution < 1.29 is 4.39 Å². The van der Waals surface area contributed by atoms with Gasteiger partial charge in [0.25, 0.3) is 0 Å². The Morgan fingerprint density at radius 2 is 1.81 bits per heavy atom. The monoisotopic (exact) mass is 541 g/mol. The van der Waals surface area contributed by atoms with E-state index in [0.29, 0.717) is 6.54 Å². The van der Waals surface area contributed by atoms with Crippen LogP contribution in [0.2, 0.25) is 0 Å². The molecule has 1 fully saturated rings. The van der Waals surface area contributed by atoms with Gasteiger partial charge >= 0.3 is 0 Å². The highest BCUT2D eigenvalue weighted by atomic mass is 127. The maximum absolute atomic E-state index is 13.1. The van der Waals surface area contributed by atoms with Crippen molar-refractivity contribution in [3.63, 3.8) is 0 Å². The molecule has 7 nitrogen and oxygen atoms in total. The Hall–Kier alpha value is -2.01. The van der Waals surface area contributed by atoms with E-state index in [0.717, 1.165) is 69.7 Å². The van der Waals surface area contributed by atoms with E-state index in [1.165, 1.54) is 12.1 Å². The molecule has 0 saturated carbocycles. The number of nitrogens with one attached hydrogen (secondary N) is 1. The molecule has 0 atom stereocenters. The van der Waals surface area contributed by atoms with Gasteiger partial charge in [-0.1, -0.05) is 12.1 Å². The molecule has 31 heavy (non-hydrogen) atoms. The van der Waals surface area contributed by atoms with Crippen LogP contribution in [0.1, 0.15) is 18.9 Å². The quantitative estimate of drug-likeness (QED) is 0.240. The number of nitrogens with zero attached hydrogens (tertiary/aromatic N) is 6. The summed E-state index contributed by atoms with van der Waals surface area (Å²) in [5, 5.41) is 3.34. The number of aromatic nitrogens is 2. The second kappa shape index (κ2) is 13.4. The second-order valence-corrected chi connectivity index (χ2v) is 7.45. The predicted octanol–water partition coefficient (Wildman–Crippen LogP) is 2.84. The lowest BCUT2D eigenvalue weighted by atomic mass is 10.2. The molecular weight excluding hydrogens is 508 g/mol. The van der Waals surface area contributed by atoms with Crippen molar-refractivity contribution in [2.45, 2.75) is 19.9 Å². The minimum Gasteiger partial charge on any atom is -0.357 e. The van der Waals surface area contributed by atoms with Gasteiger partial charge < -0.3 is 15.1 Å². The van der Waals surface area contributed by atoms with Crippen molar-refractivity contribution >= 4 is 35.9 Å². The molecule has 1 aromatic heterocycles. The van der Waals surface area contributed by atoms with Crippen molar-refractivity contribution in [3.8, 4) is 0 Å². The molecule has 1 aliphatic rings. The molecule has 0 bridgehead atoms. The molecule has 0 unspecified atom stereocenters. The van der Waals surface area contributed by atoms with E-state index in [-0.39, 0.29) is 29.8 Å². The average molecular weight is 541 g/mol. The van der Waals surface area contributed by atoms with E-state index in [2.05, 4.69) is 36.9 Å². The third-order valence-electron chi connectivity index (χ3n) is 5.13. The Morgan fingerprint density at radius 3 is 2.45 bits per heavy atom. The van der Waals surface area contributed by atoms with Gasteiger partial charge in [0.1, 0.15) is 5.82 Å². The summed E-state index contributed by atoms with van der Waals surface area (Å²) in [7, 11) is 2.01. The van der Waals surface area contributed by atoms with Crippen molar-refractivity contribution in [2.75, 3.05) is 57.8 Å². The van der Waals surface area contributed by atoms with Crippen LogP contribution in [0.5, 0.6) is 0 Å². The Labute approximate surface area is 201 Å². The Balaban J connectivity index is 0.00000341. The largest absolute Gasteiger partial charge is 0.357 e. The van der Waals surface area contributed by atoms with Gasteiger partial charge in [-0.3, -0.25) is 9.89 Å².